The number of fused-ring (bicyclic) bond motifs is 1. The Labute approximate surface area is 127 Å². The number of nitrogens with one attached hydrogen (secondary N) is 1. The third kappa shape index (κ3) is 3.33. The molecule has 2 heterocycles. The van der Waals surface area contributed by atoms with Crippen molar-refractivity contribution in [2.75, 3.05) is 13.1 Å². The summed E-state index contributed by atoms with van der Waals surface area (Å²) in [4.78, 5) is 18.5. The molecule has 0 aliphatic carbocycles. The Morgan fingerprint density at radius 2 is 2.10 bits per heavy atom. The lowest BCUT2D eigenvalue weighted by Crippen LogP contribution is -2.51. The van der Waals surface area contributed by atoms with Gasteiger partial charge in [-0.25, -0.2) is 9.78 Å². The molecule has 0 bridgehead atoms. The van der Waals surface area contributed by atoms with Crippen molar-refractivity contribution in [2.45, 2.75) is 32.6 Å². The Morgan fingerprint density at radius 1 is 1.38 bits per heavy atom. The van der Waals surface area contributed by atoms with E-state index in [9.17, 15) is 4.79 Å². The fourth-order valence-electron chi connectivity index (χ4n) is 2.60. The van der Waals surface area contributed by atoms with Gasteiger partial charge in [0.2, 0.25) is 0 Å². The minimum atomic E-state index is -0.0451. The fraction of sp³-hybridized carbons (Fsp3) is 0.467. The molecule has 1 aromatic carbocycles. The number of morpholine rings is 1. The molecule has 0 saturated carbocycles. The van der Waals surface area contributed by atoms with E-state index in [4.69, 9.17) is 4.74 Å². The van der Waals surface area contributed by atoms with Gasteiger partial charge in [0.15, 0.2) is 0 Å². The standard InChI is InChI=1S/C15H19N3O2S/c1-10-8-18(9-11(2)20-10)15(19)16-7-14-17-12-5-3-4-6-13(12)21-14/h3-6,10-11H,7-9H2,1-2H3,(H,16,19). The van der Waals surface area contributed by atoms with Crippen molar-refractivity contribution < 1.29 is 9.53 Å². The van der Waals surface area contributed by atoms with E-state index < -0.39 is 0 Å². The van der Waals surface area contributed by atoms with Crippen LogP contribution in [0.1, 0.15) is 18.9 Å². The van der Waals surface area contributed by atoms with E-state index in [1.54, 1.807) is 11.3 Å². The molecular formula is C15H19N3O2S. The predicted octanol–water partition coefficient (Wildman–Crippen LogP) is 2.62. The quantitative estimate of drug-likeness (QED) is 0.928. The van der Waals surface area contributed by atoms with Gasteiger partial charge in [0, 0.05) is 13.1 Å². The molecule has 0 spiro atoms. The normalized spacial score (nSPS) is 22.5. The highest BCUT2D eigenvalue weighted by Crippen LogP contribution is 2.21. The topological polar surface area (TPSA) is 54.5 Å². The van der Waals surface area contributed by atoms with Crippen LogP contribution in [-0.2, 0) is 11.3 Å². The lowest BCUT2D eigenvalue weighted by molar-refractivity contribution is -0.0545. The number of aromatic nitrogens is 1. The maximum Gasteiger partial charge on any atom is 0.317 e. The molecule has 1 aromatic heterocycles. The summed E-state index contributed by atoms with van der Waals surface area (Å²) in [5.41, 5.74) is 0.986. The van der Waals surface area contributed by atoms with Crippen LogP contribution >= 0.6 is 11.3 Å². The molecule has 2 unspecified atom stereocenters. The van der Waals surface area contributed by atoms with Gasteiger partial charge in [-0.15, -0.1) is 11.3 Å². The Hall–Kier alpha value is -1.66. The maximum absolute atomic E-state index is 12.2. The van der Waals surface area contributed by atoms with Crippen molar-refractivity contribution in [2.24, 2.45) is 0 Å². The maximum atomic E-state index is 12.2. The van der Waals surface area contributed by atoms with Crippen LogP contribution in [0.4, 0.5) is 4.79 Å². The molecule has 3 rings (SSSR count). The van der Waals surface area contributed by atoms with Crippen molar-refractivity contribution in [1.29, 1.82) is 0 Å². The van der Waals surface area contributed by atoms with E-state index in [1.807, 2.05) is 43.0 Å². The molecule has 2 atom stereocenters. The van der Waals surface area contributed by atoms with E-state index in [1.165, 1.54) is 0 Å². The Kier molecular flexibility index (Phi) is 4.07. The molecule has 1 fully saturated rings. The first-order chi connectivity index (χ1) is 10.1. The van der Waals surface area contributed by atoms with E-state index >= 15 is 0 Å². The van der Waals surface area contributed by atoms with E-state index in [0.717, 1.165) is 15.2 Å². The van der Waals surface area contributed by atoms with Gasteiger partial charge >= 0.3 is 6.03 Å². The summed E-state index contributed by atoms with van der Waals surface area (Å²) in [6.45, 7) is 5.72. The van der Waals surface area contributed by atoms with Gasteiger partial charge in [0.25, 0.3) is 0 Å². The molecule has 6 heteroatoms. The van der Waals surface area contributed by atoms with Crippen LogP contribution in [-0.4, -0.2) is 41.2 Å². The van der Waals surface area contributed by atoms with Crippen LogP contribution in [0.25, 0.3) is 10.2 Å². The van der Waals surface area contributed by atoms with Crippen LogP contribution in [0.15, 0.2) is 24.3 Å². The third-order valence-electron chi connectivity index (χ3n) is 3.44. The number of hydrogen-bond donors (Lipinski definition) is 1. The van der Waals surface area contributed by atoms with Crippen LogP contribution < -0.4 is 5.32 Å². The highest BCUT2D eigenvalue weighted by atomic mass is 32.1. The molecule has 1 aliphatic heterocycles. The number of nitrogens with zero attached hydrogens (tertiary/aromatic N) is 2. The van der Waals surface area contributed by atoms with Gasteiger partial charge in [-0.2, -0.15) is 0 Å². The second-order valence-electron chi connectivity index (χ2n) is 5.40. The third-order valence-corrected chi connectivity index (χ3v) is 4.47. The zero-order chi connectivity index (χ0) is 14.8. The van der Waals surface area contributed by atoms with Gasteiger partial charge in [-0.3, -0.25) is 0 Å². The number of benzene rings is 1. The molecule has 21 heavy (non-hydrogen) atoms. The zero-order valence-corrected chi connectivity index (χ0v) is 13.0. The summed E-state index contributed by atoms with van der Waals surface area (Å²) in [6, 6.07) is 7.96. The highest BCUT2D eigenvalue weighted by molar-refractivity contribution is 7.18. The fourth-order valence-corrected chi connectivity index (χ4v) is 3.51. The summed E-state index contributed by atoms with van der Waals surface area (Å²) in [7, 11) is 0. The van der Waals surface area contributed by atoms with Crippen LogP contribution in [0.3, 0.4) is 0 Å². The first-order valence-corrected chi connectivity index (χ1v) is 7.96. The van der Waals surface area contributed by atoms with Crippen molar-refractivity contribution in [3.05, 3.63) is 29.3 Å². The molecule has 5 nitrogen and oxygen atoms in total. The zero-order valence-electron chi connectivity index (χ0n) is 12.2. The van der Waals surface area contributed by atoms with Gasteiger partial charge in [0.1, 0.15) is 5.01 Å². The second kappa shape index (κ2) is 5.99. The SMILES string of the molecule is CC1CN(C(=O)NCc2nc3ccccc3s2)CC(C)O1. The van der Waals surface area contributed by atoms with Gasteiger partial charge in [-0.05, 0) is 26.0 Å². The molecule has 2 aromatic rings. The summed E-state index contributed by atoms with van der Waals surface area (Å²) in [5.74, 6) is 0. The summed E-state index contributed by atoms with van der Waals surface area (Å²) >= 11 is 1.62. The van der Waals surface area contributed by atoms with Gasteiger partial charge < -0.3 is 15.0 Å². The first kappa shape index (κ1) is 14.3. The smallest absolute Gasteiger partial charge is 0.317 e. The molecule has 1 N–H and O–H groups in total. The number of para-hydroxylation sites is 1. The summed E-state index contributed by atoms with van der Waals surface area (Å²) in [5, 5.41) is 3.88. The van der Waals surface area contributed by atoms with E-state index in [0.29, 0.717) is 19.6 Å². The largest absolute Gasteiger partial charge is 0.372 e. The Morgan fingerprint density at radius 3 is 2.81 bits per heavy atom. The molecule has 0 radical (unpaired) electrons. The summed E-state index contributed by atoms with van der Waals surface area (Å²) < 4.78 is 6.79. The molecule has 1 aliphatic rings. The van der Waals surface area contributed by atoms with Crippen LogP contribution in [0.2, 0.25) is 0 Å². The molecule has 1 saturated heterocycles. The lowest BCUT2D eigenvalue weighted by Gasteiger charge is -2.35. The van der Waals surface area contributed by atoms with Crippen LogP contribution in [0.5, 0.6) is 0 Å². The number of thiazole rings is 1. The Balaban J connectivity index is 1.60. The second-order valence-corrected chi connectivity index (χ2v) is 6.51. The summed E-state index contributed by atoms with van der Waals surface area (Å²) in [6.07, 6.45) is 0.170. The minimum Gasteiger partial charge on any atom is -0.372 e. The molecular weight excluding hydrogens is 286 g/mol. The number of amides is 2. The van der Waals surface area contributed by atoms with Crippen molar-refractivity contribution in [3.8, 4) is 0 Å². The predicted molar refractivity (Wildman–Crippen MR) is 83.4 cm³/mol. The monoisotopic (exact) mass is 305 g/mol. The van der Waals surface area contributed by atoms with Crippen molar-refractivity contribution in [3.63, 3.8) is 0 Å². The number of ether oxygens (including phenoxy) is 1. The number of hydrogen-bond acceptors (Lipinski definition) is 4. The van der Waals surface area contributed by atoms with Crippen molar-refractivity contribution >= 4 is 27.6 Å². The average Bonchev–Trinajstić information content (AvgIpc) is 2.86. The van der Waals surface area contributed by atoms with E-state index in [-0.39, 0.29) is 18.2 Å². The van der Waals surface area contributed by atoms with Gasteiger partial charge in [-0.1, -0.05) is 12.1 Å². The molecule has 112 valence electrons. The number of carbonyl (C=O) groups excluding carboxylic acids is 1. The van der Waals surface area contributed by atoms with E-state index in [2.05, 4.69) is 10.3 Å². The lowest BCUT2D eigenvalue weighted by atomic mass is 10.2. The number of rotatable bonds is 2. The Bertz CT molecular complexity index is 600. The first-order valence-electron chi connectivity index (χ1n) is 7.14. The number of urea groups is 1. The van der Waals surface area contributed by atoms with Gasteiger partial charge in [0.05, 0.1) is 29.0 Å². The van der Waals surface area contributed by atoms with Crippen molar-refractivity contribution in [1.82, 2.24) is 15.2 Å². The van der Waals surface area contributed by atoms with Crippen LogP contribution in [0, 0.1) is 0 Å². The molecule has 2 amide bonds. The highest BCUT2D eigenvalue weighted by Gasteiger charge is 2.25. The average molecular weight is 305 g/mol. The number of carbonyl (C=O) groups is 1. The minimum absolute atomic E-state index is 0.0451.